The average molecular weight is 303 g/mol. The summed E-state index contributed by atoms with van der Waals surface area (Å²) >= 11 is 0. The van der Waals surface area contributed by atoms with E-state index in [9.17, 15) is 4.79 Å². The highest BCUT2D eigenvalue weighted by molar-refractivity contribution is 6.07. The molecule has 23 heavy (non-hydrogen) atoms. The van der Waals surface area contributed by atoms with Crippen LogP contribution in [0.1, 0.15) is 10.4 Å². The third-order valence-electron chi connectivity index (χ3n) is 3.57. The molecule has 0 fully saturated rings. The molecule has 4 aromatic rings. The number of carbonyl (C=O) groups is 1. The number of hydrogen-bond donors (Lipinski definition) is 3. The first-order valence-electron chi connectivity index (χ1n) is 7.16. The number of amides is 1. The predicted octanol–water partition coefficient (Wildman–Crippen LogP) is 3.21. The lowest BCUT2D eigenvalue weighted by Gasteiger charge is -2.03. The first-order chi connectivity index (χ1) is 11.3. The highest BCUT2D eigenvalue weighted by Crippen LogP contribution is 2.21. The van der Waals surface area contributed by atoms with Gasteiger partial charge in [-0.25, -0.2) is 4.98 Å². The van der Waals surface area contributed by atoms with E-state index in [0.29, 0.717) is 17.2 Å². The van der Waals surface area contributed by atoms with Crippen LogP contribution in [0.4, 0.5) is 5.95 Å². The van der Waals surface area contributed by atoms with Crippen LogP contribution < -0.4 is 5.32 Å². The van der Waals surface area contributed by atoms with Crippen LogP contribution in [0.2, 0.25) is 0 Å². The van der Waals surface area contributed by atoms with E-state index in [1.54, 1.807) is 0 Å². The van der Waals surface area contributed by atoms with Gasteiger partial charge in [-0.2, -0.15) is 5.10 Å². The molecule has 0 radical (unpaired) electrons. The molecule has 0 aliphatic rings. The molecule has 1 amide bonds. The normalized spacial score (nSPS) is 10.8. The Bertz CT molecular complexity index is 938. The van der Waals surface area contributed by atoms with Crippen molar-refractivity contribution in [2.45, 2.75) is 0 Å². The molecule has 6 nitrogen and oxygen atoms in total. The zero-order chi connectivity index (χ0) is 15.6. The van der Waals surface area contributed by atoms with Crippen molar-refractivity contribution in [3.8, 4) is 11.3 Å². The summed E-state index contributed by atoms with van der Waals surface area (Å²) in [5, 5.41) is 9.64. The van der Waals surface area contributed by atoms with Gasteiger partial charge in [-0.05, 0) is 12.1 Å². The van der Waals surface area contributed by atoms with Gasteiger partial charge in [0.2, 0.25) is 5.95 Å². The average Bonchev–Trinajstić information content (AvgIpc) is 3.22. The summed E-state index contributed by atoms with van der Waals surface area (Å²) in [4.78, 5) is 19.9. The van der Waals surface area contributed by atoms with Gasteiger partial charge in [-0.1, -0.05) is 42.5 Å². The van der Waals surface area contributed by atoms with Gasteiger partial charge in [-0.15, -0.1) is 0 Å². The highest BCUT2D eigenvalue weighted by atomic mass is 16.1. The second-order valence-electron chi connectivity index (χ2n) is 5.08. The van der Waals surface area contributed by atoms with E-state index in [1.807, 2.05) is 54.6 Å². The summed E-state index contributed by atoms with van der Waals surface area (Å²) in [7, 11) is 0. The third-order valence-corrected chi connectivity index (χ3v) is 3.57. The van der Waals surface area contributed by atoms with Gasteiger partial charge in [0.15, 0.2) is 0 Å². The number of imidazole rings is 1. The number of benzene rings is 2. The zero-order valence-corrected chi connectivity index (χ0v) is 12.1. The van der Waals surface area contributed by atoms with Crippen molar-refractivity contribution in [3.63, 3.8) is 0 Å². The number of fused-ring (bicyclic) bond motifs is 1. The number of para-hydroxylation sites is 2. The minimum absolute atomic E-state index is 0.267. The number of carbonyl (C=O) groups excluding carboxylic acids is 1. The first kappa shape index (κ1) is 13.3. The largest absolute Gasteiger partial charge is 0.324 e. The van der Waals surface area contributed by atoms with Crippen LogP contribution in [0.25, 0.3) is 22.3 Å². The van der Waals surface area contributed by atoms with Gasteiger partial charge in [-0.3, -0.25) is 15.2 Å². The fraction of sp³-hybridized carbons (Fsp3) is 0. The van der Waals surface area contributed by atoms with E-state index in [-0.39, 0.29) is 5.91 Å². The van der Waals surface area contributed by atoms with E-state index >= 15 is 0 Å². The summed E-state index contributed by atoms with van der Waals surface area (Å²) < 4.78 is 0. The Morgan fingerprint density at radius 2 is 1.78 bits per heavy atom. The SMILES string of the molecule is O=C(Nc1nc2ccccc2[nH]1)c1cn[nH]c1-c1ccccc1. The van der Waals surface area contributed by atoms with E-state index in [1.165, 1.54) is 6.20 Å². The summed E-state index contributed by atoms with van der Waals surface area (Å²) in [6.45, 7) is 0. The molecular formula is C17H13N5O. The number of hydrogen-bond acceptors (Lipinski definition) is 3. The summed E-state index contributed by atoms with van der Waals surface area (Å²) in [6.07, 6.45) is 1.51. The summed E-state index contributed by atoms with van der Waals surface area (Å²) in [5.74, 6) is 0.146. The maximum Gasteiger partial charge on any atom is 0.261 e. The van der Waals surface area contributed by atoms with Gasteiger partial charge < -0.3 is 4.98 Å². The number of H-pyrrole nitrogens is 2. The van der Waals surface area contributed by atoms with Crippen molar-refractivity contribution >= 4 is 22.9 Å². The molecule has 0 saturated carbocycles. The molecule has 0 saturated heterocycles. The Hall–Kier alpha value is -3.41. The molecule has 0 aliphatic carbocycles. The maximum absolute atomic E-state index is 12.5. The number of nitrogens with one attached hydrogen (secondary N) is 3. The van der Waals surface area contributed by atoms with Gasteiger partial charge in [0.05, 0.1) is 28.5 Å². The van der Waals surface area contributed by atoms with E-state index in [4.69, 9.17) is 0 Å². The van der Waals surface area contributed by atoms with Gasteiger partial charge in [0.1, 0.15) is 0 Å². The van der Waals surface area contributed by atoms with E-state index in [2.05, 4.69) is 25.5 Å². The van der Waals surface area contributed by atoms with Crippen molar-refractivity contribution in [1.29, 1.82) is 0 Å². The van der Waals surface area contributed by atoms with Crippen LogP contribution >= 0.6 is 0 Å². The van der Waals surface area contributed by atoms with Crippen molar-refractivity contribution in [2.75, 3.05) is 5.32 Å². The maximum atomic E-state index is 12.5. The van der Waals surface area contributed by atoms with Crippen LogP contribution in [0.3, 0.4) is 0 Å². The number of rotatable bonds is 3. The molecule has 2 aromatic carbocycles. The zero-order valence-electron chi connectivity index (χ0n) is 12.1. The molecule has 0 atom stereocenters. The van der Waals surface area contributed by atoms with Crippen molar-refractivity contribution in [2.24, 2.45) is 0 Å². The Balaban J connectivity index is 1.64. The Labute approximate surface area is 131 Å². The van der Waals surface area contributed by atoms with Crippen molar-refractivity contribution < 1.29 is 4.79 Å². The minimum atomic E-state index is -0.267. The van der Waals surface area contributed by atoms with Gasteiger partial charge in [0.25, 0.3) is 5.91 Å². The smallest absolute Gasteiger partial charge is 0.261 e. The first-order valence-corrected chi connectivity index (χ1v) is 7.16. The van der Waals surface area contributed by atoms with Crippen molar-refractivity contribution in [3.05, 3.63) is 66.4 Å². The molecule has 3 N–H and O–H groups in total. The van der Waals surface area contributed by atoms with Crippen LogP contribution in [0.15, 0.2) is 60.8 Å². The fourth-order valence-electron chi connectivity index (χ4n) is 2.47. The molecule has 0 bridgehead atoms. The predicted molar refractivity (Wildman–Crippen MR) is 88.1 cm³/mol. The molecule has 6 heteroatoms. The van der Waals surface area contributed by atoms with Crippen LogP contribution in [-0.4, -0.2) is 26.1 Å². The molecule has 0 spiro atoms. The minimum Gasteiger partial charge on any atom is -0.324 e. The molecule has 0 aliphatic heterocycles. The lowest BCUT2D eigenvalue weighted by Crippen LogP contribution is -2.13. The highest BCUT2D eigenvalue weighted by Gasteiger charge is 2.16. The Morgan fingerprint density at radius 1 is 1.00 bits per heavy atom. The molecule has 0 unspecified atom stereocenters. The van der Waals surface area contributed by atoms with Crippen LogP contribution in [0, 0.1) is 0 Å². The molecule has 2 heterocycles. The monoisotopic (exact) mass is 303 g/mol. The Kier molecular flexibility index (Phi) is 3.12. The lowest BCUT2D eigenvalue weighted by atomic mass is 10.1. The summed E-state index contributed by atoms with van der Waals surface area (Å²) in [5.41, 5.74) is 3.73. The number of aromatic amines is 2. The topological polar surface area (TPSA) is 86.5 Å². The second kappa shape index (κ2) is 5.42. The van der Waals surface area contributed by atoms with E-state index in [0.717, 1.165) is 16.6 Å². The van der Waals surface area contributed by atoms with Gasteiger partial charge >= 0.3 is 0 Å². The third kappa shape index (κ3) is 2.46. The van der Waals surface area contributed by atoms with Crippen molar-refractivity contribution in [1.82, 2.24) is 20.2 Å². The molecular weight excluding hydrogens is 290 g/mol. The summed E-state index contributed by atoms with van der Waals surface area (Å²) in [6, 6.07) is 17.2. The van der Waals surface area contributed by atoms with Crippen LogP contribution in [0.5, 0.6) is 0 Å². The van der Waals surface area contributed by atoms with E-state index < -0.39 is 0 Å². The molecule has 2 aromatic heterocycles. The number of aromatic nitrogens is 4. The molecule has 4 rings (SSSR count). The fourth-order valence-corrected chi connectivity index (χ4v) is 2.47. The number of nitrogens with zero attached hydrogens (tertiary/aromatic N) is 2. The Morgan fingerprint density at radius 3 is 2.61 bits per heavy atom. The lowest BCUT2D eigenvalue weighted by molar-refractivity contribution is 0.102. The molecule has 112 valence electrons. The van der Waals surface area contributed by atoms with Gasteiger partial charge in [0, 0.05) is 5.56 Å². The quantitative estimate of drug-likeness (QED) is 0.543. The standard InChI is InChI=1S/C17H13N5O/c23-16(21-17-19-13-8-4-5-9-14(13)20-17)12-10-18-22-15(12)11-6-2-1-3-7-11/h1-10H,(H,18,22)(H2,19,20,21,23). The number of anilines is 1. The van der Waals surface area contributed by atoms with Crippen LogP contribution in [-0.2, 0) is 0 Å². The second-order valence-corrected chi connectivity index (χ2v) is 5.08.